The standard InChI is InChI=1S/C14H24N2O3S/c1-3-11-16(10(8-20-11)12(17)18)13(19)15-9-14(2)6-4-5-7-14/h10-11H,3-9H2,1-2H3,(H,15,19)(H,17,18). The average molecular weight is 300 g/mol. The van der Waals surface area contributed by atoms with Gasteiger partial charge in [-0.15, -0.1) is 11.8 Å². The van der Waals surface area contributed by atoms with Crippen molar-refractivity contribution in [3.8, 4) is 0 Å². The number of carbonyl (C=O) groups is 2. The van der Waals surface area contributed by atoms with E-state index in [-0.39, 0.29) is 16.8 Å². The number of nitrogens with one attached hydrogen (secondary N) is 1. The van der Waals surface area contributed by atoms with Gasteiger partial charge in [0, 0.05) is 12.3 Å². The Balaban J connectivity index is 1.96. The molecule has 1 saturated carbocycles. The van der Waals surface area contributed by atoms with E-state index in [1.54, 1.807) is 11.8 Å². The van der Waals surface area contributed by atoms with E-state index in [0.717, 1.165) is 19.3 Å². The molecule has 5 nitrogen and oxygen atoms in total. The number of thioether (sulfide) groups is 1. The van der Waals surface area contributed by atoms with E-state index in [9.17, 15) is 14.7 Å². The molecule has 1 aliphatic carbocycles. The Morgan fingerprint density at radius 1 is 1.40 bits per heavy atom. The fourth-order valence-electron chi connectivity index (χ4n) is 3.13. The molecule has 2 unspecified atom stereocenters. The van der Waals surface area contributed by atoms with E-state index >= 15 is 0 Å². The minimum absolute atomic E-state index is 0.0208. The van der Waals surface area contributed by atoms with E-state index < -0.39 is 12.0 Å². The number of aliphatic carboxylic acids is 1. The van der Waals surface area contributed by atoms with Crippen LogP contribution in [-0.2, 0) is 4.79 Å². The van der Waals surface area contributed by atoms with Crippen molar-refractivity contribution in [2.75, 3.05) is 12.3 Å². The Hall–Kier alpha value is -0.910. The molecule has 0 aromatic rings. The molecule has 0 spiro atoms. The van der Waals surface area contributed by atoms with Crippen LogP contribution in [0.4, 0.5) is 4.79 Å². The number of carboxylic acids is 1. The summed E-state index contributed by atoms with van der Waals surface area (Å²) in [5.74, 6) is -0.422. The molecule has 114 valence electrons. The topological polar surface area (TPSA) is 69.6 Å². The second-order valence-electron chi connectivity index (χ2n) is 6.13. The van der Waals surface area contributed by atoms with Gasteiger partial charge in [-0.2, -0.15) is 0 Å². The van der Waals surface area contributed by atoms with Crippen LogP contribution in [0, 0.1) is 5.41 Å². The van der Waals surface area contributed by atoms with Crippen LogP contribution in [0.25, 0.3) is 0 Å². The maximum atomic E-state index is 12.4. The van der Waals surface area contributed by atoms with Crippen molar-refractivity contribution in [2.24, 2.45) is 5.41 Å². The number of hydrogen-bond acceptors (Lipinski definition) is 3. The van der Waals surface area contributed by atoms with Crippen LogP contribution in [0.2, 0.25) is 0 Å². The van der Waals surface area contributed by atoms with Gasteiger partial charge in [-0.3, -0.25) is 4.90 Å². The summed E-state index contributed by atoms with van der Waals surface area (Å²) in [6.45, 7) is 4.83. The highest BCUT2D eigenvalue weighted by molar-refractivity contribution is 8.00. The summed E-state index contributed by atoms with van der Waals surface area (Å²) in [6, 6.07) is -0.913. The second-order valence-corrected chi connectivity index (χ2v) is 7.34. The SMILES string of the molecule is CCC1SCC(C(=O)O)N1C(=O)NCC1(C)CCCC1. The predicted molar refractivity (Wildman–Crippen MR) is 79.8 cm³/mol. The molecule has 0 radical (unpaired) electrons. The first-order chi connectivity index (χ1) is 9.47. The molecule has 2 fully saturated rings. The molecule has 6 heteroatoms. The summed E-state index contributed by atoms with van der Waals surface area (Å²) in [6.07, 6.45) is 5.50. The molecule has 2 rings (SSSR count). The number of amides is 2. The Kier molecular flexibility index (Phi) is 4.83. The number of carboxylic acid groups (broad SMARTS) is 1. The molecule has 1 aliphatic heterocycles. The molecule has 20 heavy (non-hydrogen) atoms. The van der Waals surface area contributed by atoms with Crippen LogP contribution in [0.5, 0.6) is 0 Å². The lowest BCUT2D eigenvalue weighted by atomic mass is 9.89. The predicted octanol–water partition coefficient (Wildman–Crippen LogP) is 2.51. The zero-order valence-electron chi connectivity index (χ0n) is 12.2. The van der Waals surface area contributed by atoms with Crippen LogP contribution < -0.4 is 5.32 Å². The van der Waals surface area contributed by atoms with Crippen LogP contribution in [0.15, 0.2) is 0 Å². The lowest BCUT2D eigenvalue weighted by Gasteiger charge is -2.30. The largest absolute Gasteiger partial charge is 0.480 e. The highest BCUT2D eigenvalue weighted by Crippen LogP contribution is 2.37. The number of nitrogens with zero attached hydrogens (tertiary/aromatic N) is 1. The van der Waals surface area contributed by atoms with Gasteiger partial charge >= 0.3 is 12.0 Å². The molecule has 0 bridgehead atoms. The van der Waals surface area contributed by atoms with Gasteiger partial charge in [0.1, 0.15) is 6.04 Å². The first-order valence-corrected chi connectivity index (χ1v) is 8.42. The molecule has 1 saturated heterocycles. The first kappa shape index (κ1) is 15.5. The molecule has 1 heterocycles. The van der Waals surface area contributed by atoms with E-state index in [2.05, 4.69) is 12.2 Å². The van der Waals surface area contributed by atoms with Crippen LogP contribution in [0.1, 0.15) is 46.0 Å². The van der Waals surface area contributed by atoms with E-state index in [1.807, 2.05) is 6.92 Å². The van der Waals surface area contributed by atoms with Crippen molar-refractivity contribution < 1.29 is 14.7 Å². The van der Waals surface area contributed by atoms with Gasteiger partial charge in [0.05, 0.1) is 5.37 Å². The lowest BCUT2D eigenvalue weighted by molar-refractivity contribution is -0.141. The maximum Gasteiger partial charge on any atom is 0.327 e. The Morgan fingerprint density at radius 3 is 2.60 bits per heavy atom. The minimum atomic E-state index is -0.907. The van der Waals surface area contributed by atoms with Gasteiger partial charge < -0.3 is 10.4 Å². The van der Waals surface area contributed by atoms with Crippen LogP contribution in [0.3, 0.4) is 0 Å². The minimum Gasteiger partial charge on any atom is -0.480 e. The van der Waals surface area contributed by atoms with Gasteiger partial charge in [0.15, 0.2) is 0 Å². The van der Waals surface area contributed by atoms with Crippen LogP contribution >= 0.6 is 11.8 Å². The normalized spacial score (nSPS) is 28.6. The fraction of sp³-hybridized carbons (Fsp3) is 0.857. The molecular formula is C14H24N2O3S. The maximum absolute atomic E-state index is 12.4. The highest BCUT2D eigenvalue weighted by Gasteiger charge is 2.41. The summed E-state index contributed by atoms with van der Waals surface area (Å²) in [5.41, 5.74) is 0.183. The molecule has 2 N–H and O–H groups in total. The lowest BCUT2D eigenvalue weighted by Crippen LogP contribution is -2.51. The molecule has 0 aromatic carbocycles. The molecule has 2 atom stereocenters. The number of urea groups is 1. The van der Waals surface area contributed by atoms with E-state index in [4.69, 9.17) is 0 Å². The average Bonchev–Trinajstić information content (AvgIpc) is 3.02. The van der Waals surface area contributed by atoms with Crippen LogP contribution in [-0.4, -0.2) is 45.7 Å². The fourth-order valence-corrected chi connectivity index (χ4v) is 4.47. The van der Waals surface area contributed by atoms with Gasteiger partial charge in [-0.1, -0.05) is 26.7 Å². The highest BCUT2D eigenvalue weighted by atomic mass is 32.2. The zero-order chi connectivity index (χ0) is 14.8. The van der Waals surface area contributed by atoms with Crippen molar-refractivity contribution >= 4 is 23.8 Å². The van der Waals surface area contributed by atoms with Crippen molar-refractivity contribution in [3.05, 3.63) is 0 Å². The summed E-state index contributed by atoms with van der Waals surface area (Å²) < 4.78 is 0. The summed E-state index contributed by atoms with van der Waals surface area (Å²) in [4.78, 5) is 25.2. The van der Waals surface area contributed by atoms with Crippen molar-refractivity contribution in [2.45, 2.75) is 57.4 Å². The smallest absolute Gasteiger partial charge is 0.327 e. The Morgan fingerprint density at radius 2 is 2.05 bits per heavy atom. The third kappa shape index (κ3) is 3.22. The van der Waals surface area contributed by atoms with E-state index in [1.165, 1.54) is 17.7 Å². The van der Waals surface area contributed by atoms with E-state index in [0.29, 0.717) is 12.3 Å². The first-order valence-electron chi connectivity index (χ1n) is 7.37. The quantitative estimate of drug-likeness (QED) is 0.837. The second kappa shape index (κ2) is 6.24. The van der Waals surface area contributed by atoms with Gasteiger partial charge in [0.2, 0.25) is 0 Å². The summed E-state index contributed by atoms with van der Waals surface area (Å²) >= 11 is 1.56. The van der Waals surface area contributed by atoms with Crippen molar-refractivity contribution in [1.29, 1.82) is 0 Å². The van der Waals surface area contributed by atoms with Gasteiger partial charge in [-0.25, -0.2) is 9.59 Å². The molecular weight excluding hydrogens is 276 g/mol. The summed E-state index contributed by atoms with van der Waals surface area (Å²) in [7, 11) is 0. The third-order valence-electron chi connectivity index (χ3n) is 4.44. The molecule has 0 aromatic heterocycles. The zero-order valence-corrected chi connectivity index (χ0v) is 13.0. The van der Waals surface area contributed by atoms with Gasteiger partial charge in [0.25, 0.3) is 0 Å². The number of hydrogen-bond donors (Lipinski definition) is 2. The monoisotopic (exact) mass is 300 g/mol. The van der Waals surface area contributed by atoms with Gasteiger partial charge in [-0.05, 0) is 24.7 Å². The number of carbonyl (C=O) groups excluding carboxylic acids is 1. The molecule has 2 aliphatic rings. The number of rotatable bonds is 4. The van der Waals surface area contributed by atoms with Crippen molar-refractivity contribution in [1.82, 2.24) is 10.2 Å². The third-order valence-corrected chi connectivity index (χ3v) is 5.89. The Labute approximate surface area is 124 Å². The molecule has 2 amide bonds. The summed E-state index contributed by atoms with van der Waals surface area (Å²) in [5, 5.41) is 12.2. The van der Waals surface area contributed by atoms with Crippen molar-refractivity contribution in [3.63, 3.8) is 0 Å². The Bertz CT molecular complexity index is 383.